The van der Waals surface area contributed by atoms with Crippen LogP contribution in [0, 0.1) is 6.92 Å². The summed E-state index contributed by atoms with van der Waals surface area (Å²) in [4.78, 5) is 22.9. The molecule has 0 bridgehead atoms. The molecule has 0 aromatic heterocycles. The van der Waals surface area contributed by atoms with E-state index in [-0.39, 0.29) is 11.5 Å². The molecule has 1 unspecified atom stereocenters. The number of hydrogen-bond donors (Lipinski definition) is 2. The molecule has 1 atom stereocenters. The summed E-state index contributed by atoms with van der Waals surface area (Å²) in [5.41, 5.74) is 1.87. The van der Waals surface area contributed by atoms with Gasteiger partial charge in [-0.15, -0.1) is 0 Å². The van der Waals surface area contributed by atoms with Crippen LogP contribution in [0.2, 0.25) is 5.02 Å². The van der Waals surface area contributed by atoms with Crippen molar-refractivity contribution in [1.82, 2.24) is 5.32 Å². The molecule has 0 saturated carbocycles. The van der Waals surface area contributed by atoms with Crippen LogP contribution < -0.4 is 10.1 Å². The summed E-state index contributed by atoms with van der Waals surface area (Å²) < 4.78 is 5.65. The van der Waals surface area contributed by atoms with E-state index in [9.17, 15) is 9.59 Å². The van der Waals surface area contributed by atoms with Crippen LogP contribution >= 0.6 is 11.6 Å². The average Bonchev–Trinajstić information content (AvgIpc) is 2.55. The van der Waals surface area contributed by atoms with E-state index in [2.05, 4.69) is 5.32 Å². The van der Waals surface area contributed by atoms with Gasteiger partial charge < -0.3 is 15.2 Å². The van der Waals surface area contributed by atoms with Crippen LogP contribution in [0.1, 0.15) is 28.4 Å². The third-order valence-corrected chi connectivity index (χ3v) is 3.71. The van der Waals surface area contributed by atoms with E-state index in [1.165, 1.54) is 12.1 Å². The summed E-state index contributed by atoms with van der Waals surface area (Å²) >= 11 is 5.89. The van der Waals surface area contributed by atoms with Crippen LogP contribution in [0.5, 0.6) is 5.75 Å². The van der Waals surface area contributed by atoms with Gasteiger partial charge in [0.05, 0.1) is 5.56 Å². The maximum atomic E-state index is 12.1. The van der Waals surface area contributed by atoms with Crippen molar-refractivity contribution in [3.8, 4) is 5.75 Å². The zero-order valence-electron chi connectivity index (χ0n) is 13.4. The van der Waals surface area contributed by atoms with Gasteiger partial charge in [0.1, 0.15) is 5.75 Å². The third-order valence-electron chi connectivity index (χ3n) is 3.48. The van der Waals surface area contributed by atoms with E-state index in [4.69, 9.17) is 21.4 Å². The largest absolute Gasteiger partial charge is 0.481 e. The summed E-state index contributed by atoms with van der Waals surface area (Å²) in [6.07, 6.45) is -0.664. The molecule has 0 radical (unpaired) electrons. The Morgan fingerprint density at radius 2 is 1.88 bits per heavy atom. The number of carbonyl (C=O) groups excluding carboxylic acids is 1. The molecule has 1 amide bonds. The van der Waals surface area contributed by atoms with Crippen molar-refractivity contribution >= 4 is 23.5 Å². The smallest absolute Gasteiger partial charge is 0.335 e. The SMILES string of the molecule is Cc1cc(Cl)ccc1OC(C)C(=O)NCc1ccc(C(=O)O)cc1. The molecular formula is C18H18ClNO4. The maximum absolute atomic E-state index is 12.1. The standard InChI is InChI=1S/C18H18ClNO4/c1-11-9-15(19)7-8-16(11)24-12(2)17(21)20-10-13-3-5-14(6-4-13)18(22)23/h3-9,12H,10H2,1-2H3,(H,20,21)(H,22,23). The molecule has 0 saturated heterocycles. The molecule has 5 nitrogen and oxygen atoms in total. The number of carboxylic acids is 1. The second-order valence-electron chi connectivity index (χ2n) is 5.39. The van der Waals surface area contributed by atoms with Crippen molar-refractivity contribution in [2.75, 3.05) is 0 Å². The number of nitrogens with one attached hydrogen (secondary N) is 1. The first-order valence-electron chi connectivity index (χ1n) is 7.39. The first-order chi connectivity index (χ1) is 11.4. The Balaban J connectivity index is 1.90. The summed E-state index contributed by atoms with van der Waals surface area (Å²) in [7, 11) is 0. The lowest BCUT2D eigenvalue weighted by molar-refractivity contribution is -0.127. The molecule has 126 valence electrons. The number of halogens is 1. The Morgan fingerprint density at radius 1 is 1.21 bits per heavy atom. The van der Waals surface area contributed by atoms with Gasteiger partial charge in [0, 0.05) is 11.6 Å². The lowest BCUT2D eigenvalue weighted by atomic mass is 10.1. The van der Waals surface area contributed by atoms with Crippen molar-refractivity contribution in [1.29, 1.82) is 0 Å². The molecule has 2 aromatic carbocycles. The van der Waals surface area contributed by atoms with Gasteiger partial charge in [-0.25, -0.2) is 4.79 Å². The van der Waals surface area contributed by atoms with E-state index < -0.39 is 12.1 Å². The number of ether oxygens (including phenoxy) is 1. The normalized spacial score (nSPS) is 11.6. The van der Waals surface area contributed by atoms with Gasteiger partial charge in [-0.05, 0) is 55.3 Å². The molecule has 0 fully saturated rings. The molecule has 2 N–H and O–H groups in total. The summed E-state index contributed by atoms with van der Waals surface area (Å²) in [6.45, 7) is 3.82. The number of aromatic carboxylic acids is 1. The molecule has 0 spiro atoms. The zero-order chi connectivity index (χ0) is 17.7. The van der Waals surface area contributed by atoms with Crippen LogP contribution in [0.25, 0.3) is 0 Å². The monoisotopic (exact) mass is 347 g/mol. The van der Waals surface area contributed by atoms with E-state index >= 15 is 0 Å². The highest BCUT2D eigenvalue weighted by Gasteiger charge is 2.15. The first-order valence-corrected chi connectivity index (χ1v) is 7.77. The average molecular weight is 348 g/mol. The summed E-state index contributed by atoms with van der Waals surface area (Å²) in [6, 6.07) is 11.5. The van der Waals surface area contributed by atoms with Gasteiger partial charge in [-0.1, -0.05) is 23.7 Å². The molecule has 0 aliphatic carbocycles. The van der Waals surface area contributed by atoms with Gasteiger partial charge in [0.25, 0.3) is 5.91 Å². The minimum Gasteiger partial charge on any atom is -0.481 e. The van der Waals surface area contributed by atoms with Crippen molar-refractivity contribution in [3.63, 3.8) is 0 Å². The van der Waals surface area contributed by atoms with Crippen molar-refractivity contribution in [3.05, 3.63) is 64.2 Å². The van der Waals surface area contributed by atoms with Crippen LogP contribution in [0.3, 0.4) is 0 Å². The molecule has 0 heterocycles. The maximum Gasteiger partial charge on any atom is 0.335 e. The van der Waals surface area contributed by atoms with E-state index in [1.54, 1.807) is 37.3 Å². The summed E-state index contributed by atoms with van der Waals surface area (Å²) in [5.74, 6) is -0.634. The fourth-order valence-electron chi connectivity index (χ4n) is 2.09. The Hall–Kier alpha value is -2.53. The Bertz CT molecular complexity index is 743. The Labute approximate surface area is 145 Å². The zero-order valence-corrected chi connectivity index (χ0v) is 14.1. The second kappa shape index (κ2) is 7.84. The van der Waals surface area contributed by atoms with Crippen LogP contribution in [0.4, 0.5) is 0 Å². The number of amides is 1. The molecule has 0 aliphatic heterocycles. The van der Waals surface area contributed by atoms with Gasteiger partial charge in [0.15, 0.2) is 6.10 Å². The predicted molar refractivity (Wildman–Crippen MR) is 91.5 cm³/mol. The third kappa shape index (κ3) is 4.73. The number of carboxylic acid groups (broad SMARTS) is 1. The highest BCUT2D eigenvalue weighted by Crippen LogP contribution is 2.22. The Kier molecular flexibility index (Phi) is 5.82. The fourth-order valence-corrected chi connectivity index (χ4v) is 2.31. The van der Waals surface area contributed by atoms with E-state index in [1.807, 2.05) is 6.92 Å². The second-order valence-corrected chi connectivity index (χ2v) is 5.83. The summed E-state index contributed by atoms with van der Waals surface area (Å²) in [5, 5.41) is 12.2. The number of rotatable bonds is 6. The van der Waals surface area contributed by atoms with Gasteiger partial charge in [-0.2, -0.15) is 0 Å². The highest BCUT2D eigenvalue weighted by atomic mass is 35.5. The van der Waals surface area contributed by atoms with Crippen LogP contribution in [-0.4, -0.2) is 23.1 Å². The molecule has 24 heavy (non-hydrogen) atoms. The van der Waals surface area contributed by atoms with Gasteiger partial charge in [0.2, 0.25) is 0 Å². The van der Waals surface area contributed by atoms with E-state index in [0.717, 1.165) is 11.1 Å². The minimum absolute atomic E-state index is 0.208. The number of benzene rings is 2. The topological polar surface area (TPSA) is 75.6 Å². The molecule has 6 heteroatoms. The van der Waals surface area contributed by atoms with Crippen molar-refractivity contribution in [2.24, 2.45) is 0 Å². The van der Waals surface area contributed by atoms with E-state index in [0.29, 0.717) is 17.3 Å². The fraction of sp³-hybridized carbons (Fsp3) is 0.222. The first kappa shape index (κ1) is 17.8. The quantitative estimate of drug-likeness (QED) is 0.839. The molecular weight excluding hydrogens is 330 g/mol. The molecule has 0 aliphatic rings. The van der Waals surface area contributed by atoms with Crippen molar-refractivity contribution in [2.45, 2.75) is 26.5 Å². The minimum atomic E-state index is -0.981. The van der Waals surface area contributed by atoms with Crippen molar-refractivity contribution < 1.29 is 19.4 Å². The van der Waals surface area contributed by atoms with Gasteiger partial charge in [-0.3, -0.25) is 4.79 Å². The Morgan fingerprint density at radius 3 is 2.46 bits per heavy atom. The lowest BCUT2D eigenvalue weighted by Crippen LogP contribution is -2.36. The number of carbonyl (C=O) groups is 2. The predicted octanol–water partition coefficient (Wildman–Crippen LogP) is 3.43. The molecule has 2 aromatic rings. The van der Waals surface area contributed by atoms with Crippen LogP contribution in [-0.2, 0) is 11.3 Å². The highest BCUT2D eigenvalue weighted by molar-refractivity contribution is 6.30. The lowest BCUT2D eigenvalue weighted by Gasteiger charge is -2.16. The van der Waals surface area contributed by atoms with Gasteiger partial charge >= 0.3 is 5.97 Å². The van der Waals surface area contributed by atoms with Crippen LogP contribution in [0.15, 0.2) is 42.5 Å². The number of hydrogen-bond acceptors (Lipinski definition) is 3. The molecule has 2 rings (SSSR count). The number of aryl methyl sites for hydroxylation is 1.